The second-order valence-corrected chi connectivity index (χ2v) is 4.80. The topological polar surface area (TPSA) is 113 Å². The number of anilines is 1. The zero-order valence-electron chi connectivity index (χ0n) is 12.1. The van der Waals surface area contributed by atoms with Crippen molar-refractivity contribution in [3.8, 4) is 0 Å². The van der Waals surface area contributed by atoms with Crippen molar-refractivity contribution in [2.45, 2.75) is 26.3 Å². The molecule has 0 radical (unpaired) electrons. The lowest BCUT2D eigenvalue weighted by Crippen LogP contribution is -2.34. The lowest BCUT2D eigenvalue weighted by molar-refractivity contribution is -0.121. The fraction of sp³-hybridized carbons (Fsp3) is 0.357. The molecule has 0 aromatic heterocycles. The van der Waals surface area contributed by atoms with Crippen LogP contribution in [0.15, 0.2) is 24.3 Å². The molecule has 5 N–H and O–H groups in total. The number of rotatable bonds is 6. The number of nitrogens with one attached hydrogen (secondary N) is 3. The largest absolute Gasteiger partial charge is 0.354 e. The Bertz CT molecular complexity index is 529. The molecule has 0 bridgehead atoms. The summed E-state index contributed by atoms with van der Waals surface area (Å²) < 4.78 is 0. The first kappa shape index (κ1) is 16.5. The Hall–Kier alpha value is -2.57. The van der Waals surface area contributed by atoms with E-state index in [2.05, 4.69) is 16.0 Å². The van der Waals surface area contributed by atoms with Gasteiger partial charge in [-0.05, 0) is 32.0 Å². The Morgan fingerprint density at radius 2 is 1.95 bits per heavy atom. The molecule has 1 aromatic rings. The number of hydrogen-bond donors (Lipinski definition) is 4. The van der Waals surface area contributed by atoms with Gasteiger partial charge in [0.25, 0.3) is 5.91 Å². The van der Waals surface area contributed by atoms with Crippen LogP contribution in [-0.4, -0.2) is 30.4 Å². The number of amides is 4. The maximum absolute atomic E-state index is 11.9. The highest BCUT2D eigenvalue weighted by Gasteiger charge is 2.08. The van der Waals surface area contributed by atoms with E-state index in [1.807, 2.05) is 13.8 Å². The van der Waals surface area contributed by atoms with Gasteiger partial charge in [-0.15, -0.1) is 0 Å². The van der Waals surface area contributed by atoms with Crippen molar-refractivity contribution >= 4 is 23.5 Å². The second-order valence-electron chi connectivity index (χ2n) is 4.80. The van der Waals surface area contributed by atoms with Gasteiger partial charge in [-0.2, -0.15) is 0 Å². The third-order valence-electron chi connectivity index (χ3n) is 2.48. The SMILES string of the molecule is CC(C)NC(=O)CCNC(=O)c1cccc(NC(N)=O)c1. The fourth-order valence-electron chi connectivity index (χ4n) is 1.67. The molecule has 0 saturated carbocycles. The van der Waals surface area contributed by atoms with E-state index >= 15 is 0 Å². The molecule has 0 aliphatic carbocycles. The number of carbonyl (C=O) groups excluding carboxylic acids is 3. The smallest absolute Gasteiger partial charge is 0.316 e. The minimum Gasteiger partial charge on any atom is -0.354 e. The maximum atomic E-state index is 11.9. The number of hydrogen-bond acceptors (Lipinski definition) is 3. The standard InChI is InChI=1S/C14H20N4O3/c1-9(2)17-12(19)6-7-16-13(20)10-4-3-5-11(8-10)18-14(15)21/h3-5,8-9H,6-7H2,1-2H3,(H,16,20)(H,17,19)(H3,15,18,21). The molecule has 7 nitrogen and oxygen atoms in total. The van der Waals surface area contributed by atoms with Gasteiger partial charge in [-0.1, -0.05) is 6.07 Å². The van der Waals surface area contributed by atoms with Crippen molar-refractivity contribution in [2.75, 3.05) is 11.9 Å². The van der Waals surface area contributed by atoms with Gasteiger partial charge in [0, 0.05) is 30.3 Å². The highest BCUT2D eigenvalue weighted by molar-refractivity contribution is 5.96. The molecule has 0 fully saturated rings. The number of urea groups is 1. The summed E-state index contributed by atoms with van der Waals surface area (Å²) in [5, 5.41) is 7.77. The number of benzene rings is 1. The third kappa shape index (κ3) is 6.42. The Kier molecular flexibility index (Phi) is 6.19. The maximum Gasteiger partial charge on any atom is 0.316 e. The van der Waals surface area contributed by atoms with Gasteiger partial charge in [0.05, 0.1) is 0 Å². The predicted molar refractivity (Wildman–Crippen MR) is 79.9 cm³/mol. The monoisotopic (exact) mass is 292 g/mol. The summed E-state index contributed by atoms with van der Waals surface area (Å²) in [4.78, 5) is 34.1. The number of primary amides is 1. The molecule has 21 heavy (non-hydrogen) atoms. The summed E-state index contributed by atoms with van der Waals surface area (Å²) in [6.45, 7) is 3.98. The normalized spacial score (nSPS) is 10.0. The van der Waals surface area contributed by atoms with E-state index in [9.17, 15) is 14.4 Å². The number of nitrogens with two attached hydrogens (primary N) is 1. The molecule has 0 unspecified atom stereocenters. The predicted octanol–water partition coefficient (Wildman–Crippen LogP) is 0.822. The first-order chi connectivity index (χ1) is 9.88. The zero-order chi connectivity index (χ0) is 15.8. The summed E-state index contributed by atoms with van der Waals surface area (Å²) in [5.74, 6) is -0.435. The average molecular weight is 292 g/mol. The lowest BCUT2D eigenvalue weighted by Gasteiger charge is -2.09. The molecule has 7 heteroatoms. The molecule has 0 aliphatic rings. The molecular weight excluding hydrogens is 272 g/mol. The first-order valence-electron chi connectivity index (χ1n) is 6.62. The van der Waals surface area contributed by atoms with Crippen LogP contribution < -0.4 is 21.7 Å². The minimum atomic E-state index is -0.696. The lowest BCUT2D eigenvalue weighted by atomic mass is 10.2. The average Bonchev–Trinajstić information content (AvgIpc) is 2.37. The van der Waals surface area contributed by atoms with Crippen molar-refractivity contribution in [1.82, 2.24) is 10.6 Å². The molecule has 0 saturated heterocycles. The van der Waals surface area contributed by atoms with Crippen LogP contribution >= 0.6 is 0 Å². The van der Waals surface area contributed by atoms with E-state index in [1.165, 1.54) is 6.07 Å². The van der Waals surface area contributed by atoms with E-state index < -0.39 is 6.03 Å². The van der Waals surface area contributed by atoms with E-state index in [0.717, 1.165) is 0 Å². The summed E-state index contributed by atoms with van der Waals surface area (Å²) in [7, 11) is 0. The second kappa shape index (κ2) is 7.88. The van der Waals surface area contributed by atoms with Crippen molar-refractivity contribution in [2.24, 2.45) is 5.73 Å². The van der Waals surface area contributed by atoms with Crippen LogP contribution in [0.2, 0.25) is 0 Å². The molecule has 0 spiro atoms. The van der Waals surface area contributed by atoms with Gasteiger partial charge in [0.15, 0.2) is 0 Å². The fourth-order valence-corrected chi connectivity index (χ4v) is 1.67. The summed E-state index contributed by atoms with van der Waals surface area (Å²) in [5.41, 5.74) is 5.83. The zero-order valence-corrected chi connectivity index (χ0v) is 12.1. The molecule has 1 aromatic carbocycles. The molecular formula is C14H20N4O3. The quantitative estimate of drug-likeness (QED) is 0.622. The molecule has 4 amide bonds. The third-order valence-corrected chi connectivity index (χ3v) is 2.48. The Balaban J connectivity index is 2.48. The summed E-state index contributed by atoms with van der Waals surface area (Å²) >= 11 is 0. The molecule has 0 aliphatic heterocycles. The van der Waals surface area contributed by atoms with Gasteiger partial charge >= 0.3 is 6.03 Å². The van der Waals surface area contributed by atoms with Crippen LogP contribution in [0.5, 0.6) is 0 Å². The molecule has 1 rings (SSSR count). The highest BCUT2D eigenvalue weighted by atomic mass is 16.2. The van der Waals surface area contributed by atoms with Gasteiger partial charge in [0.1, 0.15) is 0 Å². The van der Waals surface area contributed by atoms with E-state index in [1.54, 1.807) is 18.2 Å². The van der Waals surface area contributed by atoms with Gasteiger partial charge in [-0.3, -0.25) is 9.59 Å². The van der Waals surface area contributed by atoms with E-state index in [4.69, 9.17) is 5.73 Å². The van der Waals surface area contributed by atoms with E-state index in [-0.39, 0.29) is 30.8 Å². The van der Waals surface area contributed by atoms with Crippen LogP contribution in [-0.2, 0) is 4.79 Å². The van der Waals surface area contributed by atoms with Crippen LogP contribution in [0.25, 0.3) is 0 Å². The number of carbonyl (C=O) groups is 3. The van der Waals surface area contributed by atoms with Crippen molar-refractivity contribution < 1.29 is 14.4 Å². The van der Waals surface area contributed by atoms with Crippen LogP contribution in [0, 0.1) is 0 Å². The Morgan fingerprint density at radius 3 is 2.57 bits per heavy atom. The minimum absolute atomic E-state index is 0.0738. The highest BCUT2D eigenvalue weighted by Crippen LogP contribution is 2.10. The Labute approximate surface area is 123 Å². The molecule has 0 atom stereocenters. The van der Waals surface area contributed by atoms with Crippen molar-refractivity contribution in [1.29, 1.82) is 0 Å². The molecule has 114 valence electrons. The summed E-state index contributed by atoms with van der Waals surface area (Å²) in [6, 6.07) is 5.75. The Morgan fingerprint density at radius 1 is 1.24 bits per heavy atom. The summed E-state index contributed by atoms with van der Waals surface area (Å²) in [6.07, 6.45) is 0.211. The van der Waals surface area contributed by atoms with Crippen LogP contribution in [0.4, 0.5) is 10.5 Å². The molecule has 0 heterocycles. The van der Waals surface area contributed by atoms with Crippen LogP contribution in [0.1, 0.15) is 30.6 Å². The van der Waals surface area contributed by atoms with E-state index in [0.29, 0.717) is 11.3 Å². The van der Waals surface area contributed by atoms with Crippen molar-refractivity contribution in [3.63, 3.8) is 0 Å². The van der Waals surface area contributed by atoms with Gasteiger partial charge in [0.2, 0.25) is 5.91 Å². The van der Waals surface area contributed by atoms with Crippen molar-refractivity contribution in [3.05, 3.63) is 29.8 Å². The first-order valence-corrected chi connectivity index (χ1v) is 6.62. The van der Waals surface area contributed by atoms with Crippen LogP contribution in [0.3, 0.4) is 0 Å². The van der Waals surface area contributed by atoms with Gasteiger partial charge in [-0.25, -0.2) is 4.79 Å². The van der Waals surface area contributed by atoms with Gasteiger partial charge < -0.3 is 21.7 Å².